The van der Waals surface area contributed by atoms with Crippen molar-refractivity contribution in [2.24, 2.45) is 5.41 Å². The van der Waals surface area contributed by atoms with E-state index in [4.69, 9.17) is 5.73 Å². The SMILES string of the molecule is CC1(CNc2ccnc3cc(N)ccc23)CCC1. The van der Waals surface area contributed by atoms with E-state index in [2.05, 4.69) is 17.2 Å². The van der Waals surface area contributed by atoms with Gasteiger partial charge < -0.3 is 11.1 Å². The van der Waals surface area contributed by atoms with Gasteiger partial charge in [0.05, 0.1) is 5.52 Å². The Balaban J connectivity index is 1.87. The maximum atomic E-state index is 5.79. The van der Waals surface area contributed by atoms with Crippen LogP contribution in [0, 0.1) is 5.41 Å². The minimum absolute atomic E-state index is 0.476. The van der Waals surface area contributed by atoms with Crippen molar-refractivity contribution in [1.82, 2.24) is 4.98 Å². The zero-order valence-electron chi connectivity index (χ0n) is 10.7. The third kappa shape index (κ3) is 2.01. The van der Waals surface area contributed by atoms with Crippen LogP contribution < -0.4 is 11.1 Å². The molecule has 3 N–H and O–H groups in total. The molecule has 94 valence electrons. The highest BCUT2D eigenvalue weighted by molar-refractivity contribution is 5.92. The number of fused-ring (bicyclic) bond motifs is 1. The second kappa shape index (κ2) is 4.16. The van der Waals surface area contributed by atoms with Gasteiger partial charge >= 0.3 is 0 Å². The lowest BCUT2D eigenvalue weighted by Crippen LogP contribution is -2.33. The predicted octanol–water partition coefficient (Wildman–Crippen LogP) is 3.42. The van der Waals surface area contributed by atoms with Crippen molar-refractivity contribution in [3.63, 3.8) is 0 Å². The lowest BCUT2D eigenvalue weighted by molar-refractivity contribution is 0.180. The minimum Gasteiger partial charge on any atom is -0.399 e. The number of nitrogens with two attached hydrogens (primary N) is 1. The smallest absolute Gasteiger partial charge is 0.0743 e. The van der Waals surface area contributed by atoms with Gasteiger partial charge in [-0.05, 0) is 42.5 Å². The van der Waals surface area contributed by atoms with Crippen LogP contribution in [-0.2, 0) is 0 Å². The largest absolute Gasteiger partial charge is 0.399 e. The van der Waals surface area contributed by atoms with E-state index in [1.807, 2.05) is 30.5 Å². The molecule has 2 aromatic rings. The number of nitrogen functional groups attached to an aromatic ring is 1. The predicted molar refractivity (Wildman–Crippen MR) is 76.6 cm³/mol. The van der Waals surface area contributed by atoms with E-state index in [1.165, 1.54) is 19.3 Å². The first kappa shape index (κ1) is 11.3. The van der Waals surface area contributed by atoms with Gasteiger partial charge in [-0.15, -0.1) is 0 Å². The van der Waals surface area contributed by atoms with Gasteiger partial charge in [0.25, 0.3) is 0 Å². The molecule has 1 aliphatic carbocycles. The number of aromatic nitrogens is 1. The van der Waals surface area contributed by atoms with Crippen molar-refractivity contribution in [3.8, 4) is 0 Å². The normalized spacial score (nSPS) is 17.4. The van der Waals surface area contributed by atoms with Crippen molar-refractivity contribution < 1.29 is 0 Å². The molecular formula is C15H19N3. The molecule has 0 amide bonds. The van der Waals surface area contributed by atoms with E-state index in [9.17, 15) is 0 Å². The summed E-state index contributed by atoms with van der Waals surface area (Å²) in [6.07, 6.45) is 5.87. The molecule has 0 aliphatic heterocycles. The van der Waals surface area contributed by atoms with Crippen LogP contribution >= 0.6 is 0 Å². The van der Waals surface area contributed by atoms with E-state index in [0.717, 1.165) is 28.8 Å². The molecule has 1 saturated carbocycles. The molecule has 0 bridgehead atoms. The standard InChI is InChI=1S/C15H19N3/c1-15(6-2-7-15)10-18-13-5-8-17-14-9-11(16)3-4-12(13)14/h3-5,8-9H,2,6-7,10,16H2,1H3,(H,17,18). The topological polar surface area (TPSA) is 50.9 Å². The summed E-state index contributed by atoms with van der Waals surface area (Å²) in [4.78, 5) is 4.36. The summed E-state index contributed by atoms with van der Waals surface area (Å²) in [5.74, 6) is 0. The summed E-state index contributed by atoms with van der Waals surface area (Å²) in [6, 6.07) is 7.94. The monoisotopic (exact) mass is 241 g/mol. The highest BCUT2D eigenvalue weighted by Gasteiger charge is 2.31. The highest BCUT2D eigenvalue weighted by Crippen LogP contribution is 2.40. The van der Waals surface area contributed by atoms with Crippen molar-refractivity contribution >= 4 is 22.3 Å². The molecule has 3 rings (SSSR count). The Morgan fingerprint density at radius 2 is 2.17 bits per heavy atom. The Kier molecular flexibility index (Phi) is 2.62. The van der Waals surface area contributed by atoms with Gasteiger partial charge in [0.1, 0.15) is 0 Å². The molecule has 0 unspecified atom stereocenters. The Hall–Kier alpha value is -1.77. The number of nitrogens with one attached hydrogen (secondary N) is 1. The average Bonchev–Trinajstić information content (AvgIpc) is 2.33. The van der Waals surface area contributed by atoms with Gasteiger partial charge in [-0.3, -0.25) is 4.98 Å². The lowest BCUT2D eigenvalue weighted by Gasteiger charge is -2.38. The molecule has 1 aliphatic rings. The molecule has 1 heterocycles. The first-order valence-electron chi connectivity index (χ1n) is 6.54. The average molecular weight is 241 g/mol. The fourth-order valence-corrected chi connectivity index (χ4v) is 2.58. The second-order valence-electron chi connectivity index (χ2n) is 5.65. The van der Waals surface area contributed by atoms with Crippen molar-refractivity contribution in [1.29, 1.82) is 0 Å². The summed E-state index contributed by atoms with van der Waals surface area (Å²) in [7, 11) is 0. The summed E-state index contributed by atoms with van der Waals surface area (Å²) >= 11 is 0. The van der Waals surface area contributed by atoms with Gasteiger partial charge in [0, 0.05) is 29.5 Å². The number of hydrogen-bond acceptors (Lipinski definition) is 3. The van der Waals surface area contributed by atoms with Gasteiger partial charge in [-0.25, -0.2) is 0 Å². The Morgan fingerprint density at radius 1 is 1.33 bits per heavy atom. The lowest BCUT2D eigenvalue weighted by atomic mass is 9.70. The highest BCUT2D eigenvalue weighted by atomic mass is 14.9. The number of nitrogens with zero attached hydrogens (tertiary/aromatic N) is 1. The van der Waals surface area contributed by atoms with Crippen molar-refractivity contribution in [2.45, 2.75) is 26.2 Å². The maximum Gasteiger partial charge on any atom is 0.0743 e. The quantitative estimate of drug-likeness (QED) is 0.809. The summed E-state index contributed by atoms with van der Waals surface area (Å²) in [5, 5.41) is 4.72. The molecule has 1 fully saturated rings. The van der Waals surface area contributed by atoms with Crippen LogP contribution in [0.2, 0.25) is 0 Å². The fraction of sp³-hybridized carbons (Fsp3) is 0.400. The summed E-state index contributed by atoms with van der Waals surface area (Å²) in [5.41, 5.74) is 9.14. The Morgan fingerprint density at radius 3 is 2.89 bits per heavy atom. The molecule has 18 heavy (non-hydrogen) atoms. The summed E-state index contributed by atoms with van der Waals surface area (Å²) < 4.78 is 0. The number of rotatable bonds is 3. The minimum atomic E-state index is 0.476. The number of benzene rings is 1. The third-order valence-electron chi connectivity index (χ3n) is 4.03. The van der Waals surface area contributed by atoms with E-state index >= 15 is 0 Å². The third-order valence-corrected chi connectivity index (χ3v) is 4.03. The van der Waals surface area contributed by atoms with Crippen LogP contribution in [-0.4, -0.2) is 11.5 Å². The molecular weight excluding hydrogens is 222 g/mol. The zero-order valence-corrected chi connectivity index (χ0v) is 10.7. The van der Waals surface area contributed by atoms with Crippen LogP contribution in [0.25, 0.3) is 10.9 Å². The van der Waals surface area contributed by atoms with E-state index in [1.54, 1.807) is 0 Å². The van der Waals surface area contributed by atoms with Gasteiger partial charge in [-0.1, -0.05) is 13.3 Å². The van der Waals surface area contributed by atoms with Crippen LogP contribution in [0.4, 0.5) is 11.4 Å². The number of hydrogen-bond donors (Lipinski definition) is 2. The van der Waals surface area contributed by atoms with Crippen molar-refractivity contribution in [3.05, 3.63) is 30.5 Å². The molecule has 1 aromatic carbocycles. The van der Waals surface area contributed by atoms with E-state index < -0.39 is 0 Å². The Labute approximate surface area is 107 Å². The van der Waals surface area contributed by atoms with E-state index in [-0.39, 0.29) is 0 Å². The summed E-state index contributed by atoms with van der Waals surface area (Å²) in [6.45, 7) is 3.39. The van der Waals surface area contributed by atoms with Gasteiger partial charge in [-0.2, -0.15) is 0 Å². The number of pyridine rings is 1. The molecule has 3 nitrogen and oxygen atoms in total. The number of anilines is 2. The van der Waals surface area contributed by atoms with E-state index in [0.29, 0.717) is 5.41 Å². The first-order valence-corrected chi connectivity index (χ1v) is 6.54. The van der Waals surface area contributed by atoms with Crippen LogP contribution in [0.3, 0.4) is 0 Å². The first-order chi connectivity index (χ1) is 8.66. The van der Waals surface area contributed by atoms with Crippen molar-refractivity contribution in [2.75, 3.05) is 17.6 Å². The molecule has 0 spiro atoms. The molecule has 1 aromatic heterocycles. The van der Waals surface area contributed by atoms with Crippen LogP contribution in [0.5, 0.6) is 0 Å². The van der Waals surface area contributed by atoms with Gasteiger partial charge in [0.2, 0.25) is 0 Å². The van der Waals surface area contributed by atoms with Crippen LogP contribution in [0.15, 0.2) is 30.5 Å². The van der Waals surface area contributed by atoms with Gasteiger partial charge in [0.15, 0.2) is 0 Å². The second-order valence-corrected chi connectivity index (χ2v) is 5.65. The Bertz CT molecular complexity index is 573. The molecule has 0 atom stereocenters. The fourth-order valence-electron chi connectivity index (χ4n) is 2.58. The molecule has 0 saturated heterocycles. The molecule has 3 heteroatoms. The molecule has 0 radical (unpaired) electrons. The maximum absolute atomic E-state index is 5.79. The zero-order chi connectivity index (χ0) is 12.6. The van der Waals surface area contributed by atoms with Crippen LogP contribution in [0.1, 0.15) is 26.2 Å².